The Labute approximate surface area is 122 Å². The SMILES string of the molecule is COC(CNC(=O)Nc1ccc(C)cc1)c1ccsc1. The fraction of sp³-hybridized carbons (Fsp3) is 0.267. The number of carbonyl (C=O) groups excluding carboxylic acids is 1. The van der Waals surface area contributed by atoms with Crippen molar-refractivity contribution in [2.75, 3.05) is 19.0 Å². The molecule has 1 aromatic heterocycles. The highest BCUT2D eigenvalue weighted by Crippen LogP contribution is 2.18. The zero-order chi connectivity index (χ0) is 14.4. The minimum absolute atomic E-state index is 0.120. The molecule has 0 aliphatic rings. The molecule has 1 atom stereocenters. The lowest BCUT2D eigenvalue weighted by Gasteiger charge is -2.15. The van der Waals surface area contributed by atoms with Crippen LogP contribution < -0.4 is 10.6 Å². The molecule has 2 rings (SSSR count). The topological polar surface area (TPSA) is 50.4 Å². The molecule has 0 aliphatic carbocycles. The van der Waals surface area contributed by atoms with Gasteiger partial charge in [0.05, 0.1) is 0 Å². The second-order valence-electron chi connectivity index (χ2n) is 4.48. The number of benzene rings is 1. The van der Waals surface area contributed by atoms with Gasteiger partial charge in [0.1, 0.15) is 6.10 Å². The molecule has 1 heterocycles. The molecule has 0 saturated heterocycles. The van der Waals surface area contributed by atoms with Crippen LogP contribution in [0.1, 0.15) is 17.2 Å². The van der Waals surface area contributed by atoms with Crippen LogP contribution in [0.3, 0.4) is 0 Å². The van der Waals surface area contributed by atoms with E-state index in [2.05, 4.69) is 10.6 Å². The molecule has 5 heteroatoms. The molecule has 0 radical (unpaired) electrons. The second kappa shape index (κ2) is 7.07. The van der Waals surface area contributed by atoms with E-state index in [4.69, 9.17) is 4.74 Å². The summed E-state index contributed by atoms with van der Waals surface area (Å²) >= 11 is 1.61. The van der Waals surface area contributed by atoms with Crippen LogP contribution in [0.25, 0.3) is 0 Å². The lowest BCUT2D eigenvalue weighted by Crippen LogP contribution is -2.32. The summed E-state index contributed by atoms with van der Waals surface area (Å²) < 4.78 is 5.38. The predicted molar refractivity (Wildman–Crippen MR) is 82.3 cm³/mol. The number of thiophene rings is 1. The standard InChI is InChI=1S/C15H18N2O2S/c1-11-3-5-13(6-4-11)17-15(18)16-9-14(19-2)12-7-8-20-10-12/h3-8,10,14H,9H2,1-2H3,(H2,16,17,18). The molecule has 0 bridgehead atoms. The molecule has 1 unspecified atom stereocenters. The summed E-state index contributed by atoms with van der Waals surface area (Å²) in [7, 11) is 1.64. The molecule has 2 aromatic rings. The smallest absolute Gasteiger partial charge is 0.319 e. The van der Waals surface area contributed by atoms with E-state index >= 15 is 0 Å². The van der Waals surface area contributed by atoms with E-state index in [1.807, 2.05) is 48.0 Å². The highest BCUT2D eigenvalue weighted by molar-refractivity contribution is 7.07. The summed E-state index contributed by atoms with van der Waals surface area (Å²) in [6, 6.07) is 9.44. The third-order valence-electron chi connectivity index (χ3n) is 2.96. The Hall–Kier alpha value is -1.85. The van der Waals surface area contributed by atoms with Gasteiger partial charge >= 0.3 is 6.03 Å². The van der Waals surface area contributed by atoms with Crippen molar-refractivity contribution in [3.8, 4) is 0 Å². The first-order valence-electron chi connectivity index (χ1n) is 6.35. The first-order valence-corrected chi connectivity index (χ1v) is 7.29. The number of amides is 2. The van der Waals surface area contributed by atoms with Crippen LogP contribution in [-0.4, -0.2) is 19.7 Å². The van der Waals surface area contributed by atoms with E-state index in [1.165, 1.54) is 0 Å². The first-order chi connectivity index (χ1) is 9.69. The number of urea groups is 1. The number of rotatable bonds is 5. The Morgan fingerprint density at radius 1 is 1.30 bits per heavy atom. The van der Waals surface area contributed by atoms with Crippen molar-refractivity contribution in [3.05, 3.63) is 52.2 Å². The summed E-state index contributed by atoms with van der Waals surface area (Å²) in [5.74, 6) is 0. The molecule has 0 spiro atoms. The van der Waals surface area contributed by atoms with Crippen molar-refractivity contribution in [3.63, 3.8) is 0 Å². The molecule has 1 aromatic carbocycles. The van der Waals surface area contributed by atoms with E-state index in [0.717, 1.165) is 16.8 Å². The lowest BCUT2D eigenvalue weighted by molar-refractivity contribution is 0.105. The Balaban J connectivity index is 1.84. The number of aryl methyl sites for hydroxylation is 1. The number of methoxy groups -OCH3 is 1. The number of hydrogen-bond acceptors (Lipinski definition) is 3. The fourth-order valence-corrected chi connectivity index (χ4v) is 2.49. The quantitative estimate of drug-likeness (QED) is 0.884. The summed E-state index contributed by atoms with van der Waals surface area (Å²) in [6.07, 6.45) is -0.120. The van der Waals surface area contributed by atoms with Gasteiger partial charge in [-0.2, -0.15) is 11.3 Å². The molecule has 2 amide bonds. The average Bonchev–Trinajstić information content (AvgIpc) is 2.96. The van der Waals surface area contributed by atoms with Crippen LogP contribution >= 0.6 is 11.3 Å². The Kier molecular flexibility index (Phi) is 5.15. The Morgan fingerprint density at radius 2 is 2.05 bits per heavy atom. The monoisotopic (exact) mass is 290 g/mol. The normalized spacial score (nSPS) is 11.9. The van der Waals surface area contributed by atoms with Crippen molar-refractivity contribution in [2.24, 2.45) is 0 Å². The van der Waals surface area contributed by atoms with Crippen LogP contribution in [-0.2, 0) is 4.74 Å². The summed E-state index contributed by atoms with van der Waals surface area (Å²) in [5.41, 5.74) is 3.01. The van der Waals surface area contributed by atoms with E-state index in [-0.39, 0.29) is 12.1 Å². The molecule has 2 N–H and O–H groups in total. The van der Waals surface area contributed by atoms with Gasteiger partial charge in [-0.3, -0.25) is 0 Å². The zero-order valence-electron chi connectivity index (χ0n) is 11.6. The molecule has 4 nitrogen and oxygen atoms in total. The maximum Gasteiger partial charge on any atom is 0.319 e. The van der Waals surface area contributed by atoms with E-state index in [9.17, 15) is 4.79 Å². The first kappa shape index (κ1) is 14.6. The predicted octanol–water partition coefficient (Wildman–Crippen LogP) is 3.57. The van der Waals surface area contributed by atoms with Gasteiger partial charge in [0.15, 0.2) is 0 Å². The van der Waals surface area contributed by atoms with E-state index in [1.54, 1.807) is 18.4 Å². The minimum atomic E-state index is -0.230. The zero-order valence-corrected chi connectivity index (χ0v) is 12.4. The van der Waals surface area contributed by atoms with Crippen molar-refractivity contribution >= 4 is 23.1 Å². The molecule has 106 valence electrons. The van der Waals surface area contributed by atoms with Gasteiger partial charge in [-0.05, 0) is 41.4 Å². The van der Waals surface area contributed by atoms with E-state index in [0.29, 0.717) is 6.54 Å². The summed E-state index contributed by atoms with van der Waals surface area (Å²) in [5, 5.41) is 9.62. The Bertz CT molecular complexity index is 538. The largest absolute Gasteiger partial charge is 0.375 e. The van der Waals surface area contributed by atoms with Gasteiger partial charge < -0.3 is 15.4 Å². The molecule has 0 fully saturated rings. The van der Waals surface area contributed by atoms with Crippen LogP contribution in [0.15, 0.2) is 41.1 Å². The van der Waals surface area contributed by atoms with Crippen molar-refractivity contribution < 1.29 is 9.53 Å². The molecule has 20 heavy (non-hydrogen) atoms. The summed E-state index contributed by atoms with van der Waals surface area (Å²) in [4.78, 5) is 11.8. The highest BCUT2D eigenvalue weighted by Gasteiger charge is 2.12. The number of anilines is 1. The molecular formula is C15H18N2O2S. The number of nitrogens with one attached hydrogen (secondary N) is 2. The third-order valence-corrected chi connectivity index (χ3v) is 3.66. The van der Waals surface area contributed by atoms with Gasteiger partial charge in [-0.25, -0.2) is 4.79 Å². The lowest BCUT2D eigenvalue weighted by atomic mass is 10.2. The second-order valence-corrected chi connectivity index (χ2v) is 5.26. The van der Waals surface area contributed by atoms with Crippen molar-refractivity contribution in [1.82, 2.24) is 5.32 Å². The fourth-order valence-electron chi connectivity index (χ4n) is 1.79. The maximum absolute atomic E-state index is 11.8. The van der Waals surface area contributed by atoms with Crippen LogP contribution in [0.4, 0.5) is 10.5 Å². The summed E-state index contributed by atoms with van der Waals surface area (Å²) in [6.45, 7) is 2.44. The molecular weight excluding hydrogens is 272 g/mol. The molecule has 0 saturated carbocycles. The minimum Gasteiger partial charge on any atom is -0.375 e. The number of hydrogen-bond donors (Lipinski definition) is 2. The van der Waals surface area contributed by atoms with E-state index < -0.39 is 0 Å². The van der Waals surface area contributed by atoms with Crippen LogP contribution in [0, 0.1) is 6.92 Å². The van der Waals surface area contributed by atoms with Crippen molar-refractivity contribution in [2.45, 2.75) is 13.0 Å². The van der Waals surface area contributed by atoms with Gasteiger partial charge in [0, 0.05) is 19.3 Å². The van der Waals surface area contributed by atoms with Crippen molar-refractivity contribution in [1.29, 1.82) is 0 Å². The number of carbonyl (C=O) groups is 1. The van der Waals surface area contributed by atoms with Crippen LogP contribution in [0.5, 0.6) is 0 Å². The average molecular weight is 290 g/mol. The molecule has 0 aliphatic heterocycles. The maximum atomic E-state index is 11.8. The van der Waals surface area contributed by atoms with Crippen LogP contribution in [0.2, 0.25) is 0 Å². The van der Waals surface area contributed by atoms with Gasteiger partial charge in [0.25, 0.3) is 0 Å². The van der Waals surface area contributed by atoms with Gasteiger partial charge in [-0.15, -0.1) is 0 Å². The third kappa shape index (κ3) is 4.08. The van der Waals surface area contributed by atoms with Gasteiger partial charge in [0.2, 0.25) is 0 Å². The Morgan fingerprint density at radius 3 is 2.65 bits per heavy atom. The number of ether oxygens (including phenoxy) is 1. The highest BCUT2D eigenvalue weighted by atomic mass is 32.1. The van der Waals surface area contributed by atoms with Gasteiger partial charge in [-0.1, -0.05) is 17.7 Å².